The van der Waals surface area contributed by atoms with Crippen LogP contribution in [-0.2, 0) is 0 Å². The van der Waals surface area contributed by atoms with Gasteiger partial charge >= 0.3 is 0 Å². The topological polar surface area (TPSA) is 32.3 Å². The summed E-state index contributed by atoms with van der Waals surface area (Å²) in [6, 6.07) is 8.31. The number of benzene rings is 1. The van der Waals surface area contributed by atoms with Gasteiger partial charge in [0.15, 0.2) is 0 Å². The smallest absolute Gasteiger partial charge is 0.0582 e. The summed E-state index contributed by atoms with van der Waals surface area (Å²) < 4.78 is 0. The van der Waals surface area contributed by atoms with E-state index in [4.69, 9.17) is 16.7 Å². The third-order valence-electron chi connectivity index (χ3n) is 2.61. The lowest BCUT2D eigenvalue weighted by atomic mass is 10.0. The molecule has 0 aliphatic carbocycles. The predicted octanol–water partition coefficient (Wildman–Crippen LogP) is 3.15. The molecule has 1 aromatic carbocycles. The zero-order valence-electron chi connectivity index (χ0n) is 9.91. The van der Waals surface area contributed by atoms with Gasteiger partial charge in [-0.05, 0) is 31.0 Å². The summed E-state index contributed by atoms with van der Waals surface area (Å²) in [7, 11) is 0. The van der Waals surface area contributed by atoms with Crippen LogP contribution in [0.25, 0.3) is 0 Å². The van der Waals surface area contributed by atoms with Crippen LogP contribution in [0.15, 0.2) is 24.3 Å². The Kier molecular flexibility index (Phi) is 5.81. The number of aliphatic hydroxyl groups is 1. The molecule has 0 aliphatic heterocycles. The minimum Gasteiger partial charge on any atom is -0.395 e. The number of hydrogen-bond donors (Lipinski definition) is 2. The maximum absolute atomic E-state index is 9.06. The highest BCUT2D eigenvalue weighted by Gasteiger charge is 2.12. The summed E-state index contributed by atoms with van der Waals surface area (Å²) in [6.07, 6.45) is 2.17. The van der Waals surface area contributed by atoms with Crippen molar-refractivity contribution >= 4 is 11.6 Å². The molecule has 0 aromatic heterocycles. The van der Waals surface area contributed by atoms with Crippen LogP contribution in [0.4, 0.5) is 0 Å². The zero-order valence-corrected chi connectivity index (χ0v) is 10.7. The number of rotatable bonds is 6. The molecule has 0 aliphatic rings. The van der Waals surface area contributed by atoms with Gasteiger partial charge in [-0.3, -0.25) is 0 Å². The average molecular weight is 242 g/mol. The standard InChI is InChI=1S/C13H20ClNO/c1-3-4-13(15-10(2)9-16)11-5-7-12(14)8-6-11/h5-8,10,13,15-16H,3-4,9H2,1-2H3/t10-,13?/m1/s1. The van der Waals surface area contributed by atoms with Crippen LogP contribution in [0.5, 0.6) is 0 Å². The molecule has 16 heavy (non-hydrogen) atoms. The molecule has 0 saturated carbocycles. The summed E-state index contributed by atoms with van der Waals surface area (Å²) in [5, 5.41) is 13.2. The summed E-state index contributed by atoms with van der Waals surface area (Å²) in [4.78, 5) is 0. The first-order valence-electron chi connectivity index (χ1n) is 5.79. The third-order valence-corrected chi connectivity index (χ3v) is 2.86. The summed E-state index contributed by atoms with van der Waals surface area (Å²) in [6.45, 7) is 4.31. The van der Waals surface area contributed by atoms with E-state index in [9.17, 15) is 0 Å². The molecule has 0 spiro atoms. The number of halogens is 1. The van der Waals surface area contributed by atoms with Crippen LogP contribution in [0.2, 0.25) is 5.02 Å². The lowest BCUT2D eigenvalue weighted by Crippen LogP contribution is -2.33. The maximum atomic E-state index is 9.06. The van der Waals surface area contributed by atoms with Crippen molar-refractivity contribution in [2.24, 2.45) is 0 Å². The fourth-order valence-corrected chi connectivity index (χ4v) is 1.85. The molecule has 2 atom stereocenters. The molecule has 0 fully saturated rings. The molecular formula is C13H20ClNO. The summed E-state index contributed by atoms with van der Waals surface area (Å²) >= 11 is 5.87. The van der Waals surface area contributed by atoms with Crippen LogP contribution in [0.3, 0.4) is 0 Å². The first-order valence-corrected chi connectivity index (χ1v) is 6.17. The molecule has 2 N–H and O–H groups in total. The van der Waals surface area contributed by atoms with E-state index in [1.165, 1.54) is 5.56 Å². The van der Waals surface area contributed by atoms with Crippen LogP contribution < -0.4 is 5.32 Å². The van der Waals surface area contributed by atoms with E-state index in [0.29, 0.717) is 6.04 Å². The van der Waals surface area contributed by atoms with E-state index < -0.39 is 0 Å². The molecule has 0 heterocycles. The van der Waals surface area contributed by atoms with Crippen molar-refractivity contribution in [1.82, 2.24) is 5.32 Å². The van der Waals surface area contributed by atoms with Crippen molar-refractivity contribution < 1.29 is 5.11 Å². The largest absolute Gasteiger partial charge is 0.395 e. The van der Waals surface area contributed by atoms with Gasteiger partial charge in [0.2, 0.25) is 0 Å². The van der Waals surface area contributed by atoms with Crippen LogP contribution in [-0.4, -0.2) is 17.8 Å². The molecule has 1 rings (SSSR count). The van der Waals surface area contributed by atoms with Gasteiger partial charge in [-0.2, -0.15) is 0 Å². The van der Waals surface area contributed by atoms with E-state index in [0.717, 1.165) is 17.9 Å². The lowest BCUT2D eigenvalue weighted by Gasteiger charge is -2.22. The normalized spacial score (nSPS) is 14.8. The second kappa shape index (κ2) is 6.89. The van der Waals surface area contributed by atoms with Gasteiger partial charge in [0, 0.05) is 17.1 Å². The molecule has 0 amide bonds. The minimum atomic E-state index is 0.118. The number of hydrogen-bond acceptors (Lipinski definition) is 2. The Morgan fingerprint density at radius 2 is 1.94 bits per heavy atom. The van der Waals surface area contributed by atoms with Crippen molar-refractivity contribution in [1.29, 1.82) is 0 Å². The summed E-state index contributed by atoms with van der Waals surface area (Å²) in [5.74, 6) is 0. The van der Waals surface area contributed by atoms with Gasteiger partial charge in [-0.25, -0.2) is 0 Å². The van der Waals surface area contributed by atoms with Gasteiger partial charge in [0.25, 0.3) is 0 Å². The highest BCUT2D eigenvalue weighted by Crippen LogP contribution is 2.21. The SMILES string of the molecule is CCCC(N[C@H](C)CO)c1ccc(Cl)cc1. The Balaban J connectivity index is 2.72. The summed E-state index contributed by atoms with van der Waals surface area (Å²) in [5.41, 5.74) is 1.23. The fourth-order valence-electron chi connectivity index (χ4n) is 1.73. The molecule has 3 heteroatoms. The predicted molar refractivity (Wildman–Crippen MR) is 68.8 cm³/mol. The lowest BCUT2D eigenvalue weighted by molar-refractivity contribution is 0.238. The van der Waals surface area contributed by atoms with Gasteiger partial charge < -0.3 is 10.4 Å². The molecule has 1 aromatic rings. The van der Waals surface area contributed by atoms with Crippen molar-refractivity contribution in [3.8, 4) is 0 Å². The number of nitrogens with one attached hydrogen (secondary N) is 1. The Hall–Kier alpha value is -0.570. The molecule has 0 saturated heterocycles. The molecule has 0 bridgehead atoms. The Morgan fingerprint density at radius 1 is 1.31 bits per heavy atom. The minimum absolute atomic E-state index is 0.118. The first kappa shape index (κ1) is 13.5. The van der Waals surface area contributed by atoms with Crippen molar-refractivity contribution in [2.45, 2.75) is 38.8 Å². The second-order valence-corrected chi connectivity index (χ2v) is 4.58. The van der Waals surface area contributed by atoms with Crippen molar-refractivity contribution in [3.63, 3.8) is 0 Å². The van der Waals surface area contributed by atoms with Gasteiger partial charge in [0.1, 0.15) is 0 Å². The average Bonchev–Trinajstić information content (AvgIpc) is 2.29. The second-order valence-electron chi connectivity index (χ2n) is 4.14. The molecule has 90 valence electrons. The van der Waals surface area contributed by atoms with E-state index in [1.807, 2.05) is 31.2 Å². The van der Waals surface area contributed by atoms with Crippen LogP contribution >= 0.6 is 11.6 Å². The quantitative estimate of drug-likeness (QED) is 0.802. The van der Waals surface area contributed by atoms with Gasteiger partial charge in [-0.15, -0.1) is 0 Å². The van der Waals surface area contributed by atoms with Gasteiger partial charge in [0.05, 0.1) is 6.61 Å². The van der Waals surface area contributed by atoms with E-state index in [2.05, 4.69) is 12.2 Å². The molecule has 2 nitrogen and oxygen atoms in total. The molecular weight excluding hydrogens is 222 g/mol. The first-order chi connectivity index (χ1) is 7.67. The molecule has 0 radical (unpaired) electrons. The highest BCUT2D eigenvalue weighted by molar-refractivity contribution is 6.30. The van der Waals surface area contributed by atoms with Crippen LogP contribution in [0.1, 0.15) is 38.3 Å². The highest BCUT2D eigenvalue weighted by atomic mass is 35.5. The zero-order chi connectivity index (χ0) is 12.0. The molecule has 1 unspecified atom stereocenters. The van der Waals surface area contributed by atoms with E-state index in [-0.39, 0.29) is 12.6 Å². The number of aliphatic hydroxyl groups excluding tert-OH is 1. The maximum Gasteiger partial charge on any atom is 0.0582 e. The van der Waals surface area contributed by atoms with Crippen LogP contribution in [0, 0.1) is 0 Å². The third kappa shape index (κ3) is 4.12. The fraction of sp³-hybridized carbons (Fsp3) is 0.538. The Bertz CT molecular complexity index is 299. The van der Waals surface area contributed by atoms with E-state index in [1.54, 1.807) is 0 Å². The monoisotopic (exact) mass is 241 g/mol. The Labute approximate surface area is 103 Å². The van der Waals surface area contributed by atoms with Crippen molar-refractivity contribution in [3.05, 3.63) is 34.9 Å². The van der Waals surface area contributed by atoms with Gasteiger partial charge in [-0.1, -0.05) is 37.1 Å². The van der Waals surface area contributed by atoms with E-state index >= 15 is 0 Å². The van der Waals surface area contributed by atoms with Crippen molar-refractivity contribution in [2.75, 3.05) is 6.61 Å². The Morgan fingerprint density at radius 3 is 2.44 bits per heavy atom.